The van der Waals surface area contributed by atoms with Crippen LogP contribution in [0.2, 0.25) is 0 Å². The molecule has 0 saturated heterocycles. The smallest absolute Gasteiger partial charge is 0.225 e. The van der Waals surface area contributed by atoms with E-state index in [1.807, 2.05) is 11.9 Å². The van der Waals surface area contributed by atoms with Gasteiger partial charge in [-0.2, -0.15) is 0 Å². The number of carbonyl (C=O) groups excluding carboxylic acids is 1. The van der Waals surface area contributed by atoms with E-state index in [0.29, 0.717) is 6.54 Å². The van der Waals surface area contributed by atoms with Crippen LogP contribution in [0.5, 0.6) is 0 Å². The lowest BCUT2D eigenvalue weighted by Gasteiger charge is -2.20. The molecule has 5 nitrogen and oxygen atoms in total. The third kappa shape index (κ3) is 2.72. The minimum absolute atomic E-state index is 0.242. The lowest BCUT2D eigenvalue weighted by Crippen LogP contribution is -2.32. The van der Waals surface area contributed by atoms with Crippen molar-refractivity contribution in [2.75, 3.05) is 7.05 Å². The molecule has 1 aliphatic heterocycles. The van der Waals surface area contributed by atoms with Crippen molar-refractivity contribution in [3.8, 4) is 0 Å². The molecule has 2 aliphatic rings. The van der Waals surface area contributed by atoms with Crippen molar-refractivity contribution in [3.05, 3.63) is 11.6 Å². The average molecular weight is 276 g/mol. The van der Waals surface area contributed by atoms with Crippen LogP contribution in [-0.2, 0) is 24.3 Å². The number of nitrogens with zero attached hydrogens (tertiary/aromatic N) is 4. The number of aromatic nitrogens is 3. The molecule has 110 valence electrons. The molecule has 1 saturated carbocycles. The van der Waals surface area contributed by atoms with Gasteiger partial charge < -0.3 is 9.47 Å². The fourth-order valence-electron chi connectivity index (χ4n) is 3.44. The Balaban J connectivity index is 1.68. The molecule has 1 aromatic rings. The van der Waals surface area contributed by atoms with Crippen molar-refractivity contribution < 1.29 is 4.79 Å². The summed E-state index contributed by atoms with van der Waals surface area (Å²) in [4.78, 5) is 14.2. The molecular weight excluding hydrogens is 252 g/mol. The van der Waals surface area contributed by atoms with Crippen molar-refractivity contribution >= 4 is 5.91 Å². The fourth-order valence-corrected chi connectivity index (χ4v) is 3.44. The van der Waals surface area contributed by atoms with Gasteiger partial charge in [-0.05, 0) is 25.7 Å². The summed E-state index contributed by atoms with van der Waals surface area (Å²) in [6.07, 6.45) is 9.19. The van der Waals surface area contributed by atoms with Crippen LogP contribution in [0.25, 0.3) is 0 Å². The van der Waals surface area contributed by atoms with Gasteiger partial charge in [0.05, 0.1) is 6.54 Å². The topological polar surface area (TPSA) is 51.0 Å². The van der Waals surface area contributed by atoms with Crippen LogP contribution in [0.1, 0.15) is 56.6 Å². The summed E-state index contributed by atoms with van der Waals surface area (Å²) < 4.78 is 2.23. The van der Waals surface area contributed by atoms with Crippen LogP contribution in [0.4, 0.5) is 0 Å². The summed E-state index contributed by atoms with van der Waals surface area (Å²) in [5.74, 6) is 2.58. The number of fused-ring (bicyclic) bond motifs is 1. The van der Waals surface area contributed by atoms with Gasteiger partial charge in [0.25, 0.3) is 0 Å². The molecule has 0 bridgehead atoms. The van der Waals surface area contributed by atoms with Crippen LogP contribution in [-0.4, -0.2) is 32.6 Å². The molecule has 0 atom stereocenters. The Morgan fingerprint density at radius 3 is 2.80 bits per heavy atom. The summed E-state index contributed by atoms with van der Waals surface area (Å²) in [6, 6.07) is 0. The molecule has 5 heteroatoms. The minimum atomic E-state index is 0.242. The van der Waals surface area contributed by atoms with Gasteiger partial charge in [0.1, 0.15) is 5.82 Å². The molecule has 20 heavy (non-hydrogen) atoms. The second-order valence-corrected chi connectivity index (χ2v) is 6.17. The molecule has 0 N–H and O–H groups in total. The Hall–Kier alpha value is -1.39. The van der Waals surface area contributed by atoms with Gasteiger partial charge in [-0.1, -0.05) is 19.3 Å². The zero-order chi connectivity index (χ0) is 13.9. The first-order valence-corrected chi connectivity index (χ1v) is 7.91. The number of aryl methyl sites for hydroxylation is 1. The van der Waals surface area contributed by atoms with E-state index < -0.39 is 0 Å². The Bertz CT molecular complexity index is 476. The summed E-state index contributed by atoms with van der Waals surface area (Å²) in [7, 11) is 1.90. The second kappa shape index (κ2) is 5.94. The summed E-state index contributed by atoms with van der Waals surface area (Å²) in [5.41, 5.74) is 0. The maximum atomic E-state index is 12.4. The van der Waals surface area contributed by atoms with Crippen molar-refractivity contribution in [3.63, 3.8) is 0 Å². The summed E-state index contributed by atoms with van der Waals surface area (Å²) >= 11 is 0. The Morgan fingerprint density at radius 2 is 2.00 bits per heavy atom. The van der Waals surface area contributed by atoms with Crippen molar-refractivity contribution in [1.29, 1.82) is 0 Å². The zero-order valence-electron chi connectivity index (χ0n) is 12.3. The predicted molar refractivity (Wildman–Crippen MR) is 76.0 cm³/mol. The van der Waals surface area contributed by atoms with E-state index >= 15 is 0 Å². The minimum Gasteiger partial charge on any atom is -0.338 e. The van der Waals surface area contributed by atoms with E-state index in [2.05, 4.69) is 14.8 Å². The van der Waals surface area contributed by atoms with Crippen LogP contribution < -0.4 is 0 Å². The molecule has 1 fully saturated rings. The van der Waals surface area contributed by atoms with Crippen LogP contribution in [0.3, 0.4) is 0 Å². The molecule has 1 aromatic heterocycles. The van der Waals surface area contributed by atoms with Gasteiger partial charge in [0.15, 0.2) is 5.82 Å². The van der Waals surface area contributed by atoms with E-state index in [-0.39, 0.29) is 11.8 Å². The van der Waals surface area contributed by atoms with E-state index in [0.717, 1.165) is 37.5 Å². The molecule has 0 spiro atoms. The average Bonchev–Trinajstić information content (AvgIpc) is 3.04. The number of hydrogen-bond acceptors (Lipinski definition) is 3. The first-order chi connectivity index (χ1) is 9.75. The van der Waals surface area contributed by atoms with Gasteiger partial charge in [-0.3, -0.25) is 4.79 Å². The fraction of sp³-hybridized carbons (Fsp3) is 0.800. The van der Waals surface area contributed by atoms with Gasteiger partial charge in [0.2, 0.25) is 5.91 Å². The number of hydrogen-bond donors (Lipinski definition) is 0. The standard InChI is InChI=1S/C15H24N4O/c1-18(15(20)12-7-4-5-8-12)11-14-17-16-13-9-3-2-6-10-19(13)14/h12H,2-11H2,1H3. The molecule has 1 aliphatic carbocycles. The maximum Gasteiger partial charge on any atom is 0.225 e. The molecule has 0 aromatic carbocycles. The van der Waals surface area contributed by atoms with Crippen molar-refractivity contribution in [2.24, 2.45) is 5.92 Å². The number of amides is 1. The first kappa shape index (κ1) is 13.6. The normalized spacial score (nSPS) is 19.6. The van der Waals surface area contributed by atoms with Crippen LogP contribution >= 0.6 is 0 Å². The highest BCUT2D eigenvalue weighted by atomic mass is 16.2. The summed E-state index contributed by atoms with van der Waals surface area (Å²) in [6.45, 7) is 1.60. The Labute approximate surface area is 120 Å². The predicted octanol–water partition coefficient (Wildman–Crippen LogP) is 2.15. The van der Waals surface area contributed by atoms with E-state index in [1.165, 1.54) is 32.1 Å². The monoisotopic (exact) mass is 276 g/mol. The zero-order valence-corrected chi connectivity index (χ0v) is 12.3. The van der Waals surface area contributed by atoms with Crippen molar-refractivity contribution in [1.82, 2.24) is 19.7 Å². The number of carbonyl (C=O) groups is 1. The highest BCUT2D eigenvalue weighted by Crippen LogP contribution is 2.26. The molecule has 0 unspecified atom stereocenters. The third-order valence-electron chi connectivity index (χ3n) is 4.65. The van der Waals surface area contributed by atoms with Gasteiger partial charge >= 0.3 is 0 Å². The molecular formula is C15H24N4O. The quantitative estimate of drug-likeness (QED) is 0.850. The third-order valence-corrected chi connectivity index (χ3v) is 4.65. The van der Waals surface area contributed by atoms with E-state index in [4.69, 9.17) is 0 Å². The molecule has 0 radical (unpaired) electrons. The molecule has 1 amide bonds. The first-order valence-electron chi connectivity index (χ1n) is 7.91. The SMILES string of the molecule is CN(Cc1nnc2n1CCCCC2)C(=O)C1CCCC1. The number of rotatable bonds is 3. The van der Waals surface area contributed by atoms with Gasteiger partial charge in [0, 0.05) is 25.9 Å². The highest BCUT2D eigenvalue weighted by molar-refractivity contribution is 5.78. The van der Waals surface area contributed by atoms with E-state index in [1.54, 1.807) is 0 Å². The lowest BCUT2D eigenvalue weighted by atomic mass is 10.1. The maximum absolute atomic E-state index is 12.4. The molecule has 3 rings (SSSR count). The molecule has 2 heterocycles. The highest BCUT2D eigenvalue weighted by Gasteiger charge is 2.26. The van der Waals surface area contributed by atoms with Gasteiger partial charge in [-0.15, -0.1) is 10.2 Å². The van der Waals surface area contributed by atoms with Crippen LogP contribution in [0, 0.1) is 5.92 Å². The van der Waals surface area contributed by atoms with E-state index in [9.17, 15) is 4.79 Å². The Kier molecular flexibility index (Phi) is 4.03. The van der Waals surface area contributed by atoms with Crippen molar-refractivity contribution in [2.45, 2.75) is 64.5 Å². The largest absolute Gasteiger partial charge is 0.338 e. The van der Waals surface area contributed by atoms with Gasteiger partial charge in [-0.25, -0.2) is 0 Å². The summed E-state index contributed by atoms with van der Waals surface area (Å²) in [5, 5.41) is 8.61. The lowest BCUT2D eigenvalue weighted by molar-refractivity contribution is -0.134. The van der Waals surface area contributed by atoms with Crippen LogP contribution in [0.15, 0.2) is 0 Å². The Morgan fingerprint density at radius 1 is 1.20 bits per heavy atom. The second-order valence-electron chi connectivity index (χ2n) is 6.17.